The normalized spacial score (nSPS) is 19.1. The lowest BCUT2D eigenvalue weighted by atomic mass is 9.81. The van der Waals surface area contributed by atoms with Gasteiger partial charge in [0, 0.05) is 17.9 Å². The van der Waals surface area contributed by atoms with E-state index in [-0.39, 0.29) is 11.7 Å². The number of fused-ring (bicyclic) bond motifs is 1. The van der Waals surface area contributed by atoms with Gasteiger partial charge in [0.25, 0.3) is 0 Å². The number of hydrogen-bond acceptors (Lipinski definition) is 3. The zero-order valence-electron chi connectivity index (χ0n) is 9.23. The second-order valence-electron chi connectivity index (χ2n) is 4.03. The van der Waals surface area contributed by atoms with E-state index in [4.69, 9.17) is 4.74 Å². The lowest BCUT2D eigenvalue weighted by molar-refractivity contribution is -0.108. The second-order valence-corrected chi connectivity index (χ2v) is 4.03. The van der Waals surface area contributed by atoms with Crippen molar-refractivity contribution in [1.29, 1.82) is 0 Å². The Hall–Kier alpha value is -1.64. The maximum atomic E-state index is 12.1. The monoisotopic (exact) mass is 218 g/mol. The Morgan fingerprint density at radius 2 is 2.31 bits per heavy atom. The van der Waals surface area contributed by atoms with Crippen molar-refractivity contribution in [3.8, 4) is 5.75 Å². The summed E-state index contributed by atoms with van der Waals surface area (Å²) < 4.78 is 5.10. The summed E-state index contributed by atoms with van der Waals surface area (Å²) in [7, 11) is 1.58. The van der Waals surface area contributed by atoms with Crippen molar-refractivity contribution in [2.24, 2.45) is 5.92 Å². The van der Waals surface area contributed by atoms with E-state index in [0.717, 1.165) is 30.3 Å². The van der Waals surface area contributed by atoms with Crippen molar-refractivity contribution in [3.05, 3.63) is 29.3 Å². The molecule has 0 aromatic heterocycles. The van der Waals surface area contributed by atoms with Gasteiger partial charge in [-0.25, -0.2) is 0 Å². The van der Waals surface area contributed by atoms with Crippen LogP contribution in [0.5, 0.6) is 5.75 Å². The number of ether oxygens (including phenoxy) is 1. The third kappa shape index (κ3) is 1.85. The molecule has 0 saturated heterocycles. The average Bonchev–Trinajstić information content (AvgIpc) is 2.33. The molecule has 0 N–H and O–H groups in total. The van der Waals surface area contributed by atoms with Gasteiger partial charge in [0.05, 0.1) is 7.11 Å². The maximum Gasteiger partial charge on any atom is 0.166 e. The smallest absolute Gasteiger partial charge is 0.166 e. The Kier molecular flexibility index (Phi) is 3.04. The summed E-state index contributed by atoms with van der Waals surface area (Å²) in [6, 6.07) is 5.57. The summed E-state index contributed by atoms with van der Waals surface area (Å²) in [6.45, 7) is 0. The topological polar surface area (TPSA) is 43.4 Å². The zero-order chi connectivity index (χ0) is 11.5. The molecule has 0 saturated carbocycles. The highest BCUT2D eigenvalue weighted by molar-refractivity contribution is 6.01. The fourth-order valence-electron chi connectivity index (χ4n) is 2.15. The minimum absolute atomic E-state index is 0.0762. The number of hydrogen-bond donors (Lipinski definition) is 0. The van der Waals surface area contributed by atoms with Gasteiger partial charge in [0.2, 0.25) is 0 Å². The summed E-state index contributed by atoms with van der Waals surface area (Å²) in [5.74, 6) is 0.628. The van der Waals surface area contributed by atoms with Crippen LogP contribution in [-0.4, -0.2) is 19.2 Å². The van der Waals surface area contributed by atoms with Gasteiger partial charge in [-0.1, -0.05) is 6.07 Å². The van der Waals surface area contributed by atoms with Crippen LogP contribution in [0.2, 0.25) is 0 Å². The molecule has 1 aliphatic rings. The number of aldehydes is 1. The first kappa shape index (κ1) is 10.9. The molecule has 0 bridgehead atoms. The molecule has 0 fully saturated rings. The van der Waals surface area contributed by atoms with Crippen LogP contribution in [0.25, 0.3) is 0 Å². The van der Waals surface area contributed by atoms with Crippen LogP contribution in [-0.2, 0) is 11.2 Å². The third-order valence-electron chi connectivity index (χ3n) is 3.10. The lowest BCUT2D eigenvalue weighted by Gasteiger charge is -2.22. The minimum Gasteiger partial charge on any atom is -0.497 e. The summed E-state index contributed by atoms with van der Waals surface area (Å²) in [5.41, 5.74) is 1.78. The molecule has 0 aliphatic heterocycles. The molecular weight excluding hydrogens is 204 g/mol. The Balaban J connectivity index is 2.34. The van der Waals surface area contributed by atoms with Crippen molar-refractivity contribution in [1.82, 2.24) is 0 Å². The van der Waals surface area contributed by atoms with E-state index < -0.39 is 0 Å². The summed E-state index contributed by atoms with van der Waals surface area (Å²) >= 11 is 0. The summed E-state index contributed by atoms with van der Waals surface area (Å²) in [5, 5.41) is 0. The third-order valence-corrected chi connectivity index (χ3v) is 3.10. The highest BCUT2D eigenvalue weighted by Crippen LogP contribution is 2.29. The number of carbonyl (C=O) groups is 2. The van der Waals surface area contributed by atoms with Gasteiger partial charge in [-0.05, 0) is 30.5 Å². The predicted molar refractivity (Wildman–Crippen MR) is 59.8 cm³/mol. The van der Waals surface area contributed by atoms with E-state index in [1.54, 1.807) is 13.2 Å². The quantitative estimate of drug-likeness (QED) is 0.729. The first-order chi connectivity index (χ1) is 7.76. The molecule has 0 spiro atoms. The molecule has 16 heavy (non-hydrogen) atoms. The molecule has 84 valence electrons. The molecule has 3 nitrogen and oxygen atoms in total. The fraction of sp³-hybridized carbons (Fsp3) is 0.385. The van der Waals surface area contributed by atoms with Gasteiger partial charge in [-0.3, -0.25) is 4.79 Å². The van der Waals surface area contributed by atoms with Crippen LogP contribution in [0.15, 0.2) is 18.2 Å². The van der Waals surface area contributed by atoms with E-state index in [1.807, 2.05) is 12.1 Å². The SMILES string of the molecule is COc1ccc2c(c1)C(=O)C(CC=O)CC2. The highest BCUT2D eigenvalue weighted by Gasteiger charge is 2.27. The number of ketones is 1. The predicted octanol–water partition coefficient (Wildman–Crippen LogP) is 2.03. The Morgan fingerprint density at radius 3 is 3.00 bits per heavy atom. The Labute approximate surface area is 94.4 Å². The van der Waals surface area contributed by atoms with Crippen molar-refractivity contribution in [2.45, 2.75) is 19.3 Å². The summed E-state index contributed by atoms with van der Waals surface area (Å²) in [6.07, 6.45) is 2.80. The van der Waals surface area contributed by atoms with E-state index >= 15 is 0 Å². The first-order valence-corrected chi connectivity index (χ1v) is 5.41. The molecule has 0 amide bonds. The van der Waals surface area contributed by atoms with E-state index in [0.29, 0.717) is 12.2 Å². The number of benzene rings is 1. The largest absolute Gasteiger partial charge is 0.497 e. The molecule has 1 aromatic rings. The van der Waals surface area contributed by atoms with Crippen molar-refractivity contribution in [2.75, 3.05) is 7.11 Å². The van der Waals surface area contributed by atoms with Crippen LogP contribution in [0.4, 0.5) is 0 Å². The molecule has 1 unspecified atom stereocenters. The van der Waals surface area contributed by atoms with Crippen molar-refractivity contribution >= 4 is 12.1 Å². The highest BCUT2D eigenvalue weighted by atomic mass is 16.5. The van der Waals surface area contributed by atoms with Gasteiger partial charge in [0.15, 0.2) is 5.78 Å². The second kappa shape index (κ2) is 4.47. The van der Waals surface area contributed by atoms with Crippen LogP contribution in [0.1, 0.15) is 28.8 Å². The molecule has 1 aromatic carbocycles. The number of Topliss-reactive ketones (excluding diaryl/α,β-unsaturated/α-hetero) is 1. The van der Waals surface area contributed by atoms with Gasteiger partial charge >= 0.3 is 0 Å². The Bertz CT molecular complexity index is 423. The number of methoxy groups -OCH3 is 1. The van der Waals surface area contributed by atoms with Crippen LogP contribution >= 0.6 is 0 Å². The van der Waals surface area contributed by atoms with E-state index in [9.17, 15) is 9.59 Å². The van der Waals surface area contributed by atoms with Gasteiger partial charge in [-0.2, -0.15) is 0 Å². The first-order valence-electron chi connectivity index (χ1n) is 5.41. The summed E-state index contributed by atoms with van der Waals surface area (Å²) in [4.78, 5) is 22.5. The minimum atomic E-state index is -0.142. The lowest BCUT2D eigenvalue weighted by Crippen LogP contribution is -2.22. The number of rotatable bonds is 3. The van der Waals surface area contributed by atoms with Gasteiger partial charge < -0.3 is 9.53 Å². The van der Waals surface area contributed by atoms with Crippen LogP contribution in [0.3, 0.4) is 0 Å². The number of carbonyl (C=O) groups excluding carboxylic acids is 2. The zero-order valence-corrected chi connectivity index (χ0v) is 9.23. The molecule has 3 heteroatoms. The molecule has 1 atom stereocenters. The van der Waals surface area contributed by atoms with Gasteiger partial charge in [-0.15, -0.1) is 0 Å². The van der Waals surface area contributed by atoms with Crippen molar-refractivity contribution < 1.29 is 14.3 Å². The molecule has 0 heterocycles. The van der Waals surface area contributed by atoms with Gasteiger partial charge in [0.1, 0.15) is 12.0 Å². The number of aryl methyl sites for hydroxylation is 1. The van der Waals surface area contributed by atoms with Crippen LogP contribution < -0.4 is 4.74 Å². The standard InChI is InChI=1S/C13H14O3/c1-16-11-5-4-9-2-3-10(6-7-14)13(15)12(9)8-11/h4-5,7-8,10H,2-3,6H2,1H3. The Morgan fingerprint density at radius 1 is 1.50 bits per heavy atom. The average molecular weight is 218 g/mol. The molecule has 0 radical (unpaired) electrons. The molecule has 2 rings (SSSR count). The molecule has 1 aliphatic carbocycles. The fourth-order valence-corrected chi connectivity index (χ4v) is 2.15. The van der Waals surface area contributed by atoms with Crippen molar-refractivity contribution in [3.63, 3.8) is 0 Å². The van der Waals surface area contributed by atoms with E-state index in [2.05, 4.69) is 0 Å². The van der Waals surface area contributed by atoms with Crippen LogP contribution in [0, 0.1) is 5.92 Å². The molecular formula is C13H14O3. The van der Waals surface area contributed by atoms with E-state index in [1.165, 1.54) is 0 Å². The maximum absolute atomic E-state index is 12.1.